The summed E-state index contributed by atoms with van der Waals surface area (Å²) in [5.74, 6) is -1.26. The van der Waals surface area contributed by atoms with Crippen molar-refractivity contribution in [2.75, 3.05) is 13.7 Å². The number of phenols is 2. The van der Waals surface area contributed by atoms with Gasteiger partial charge in [-0.25, -0.2) is 4.39 Å². The summed E-state index contributed by atoms with van der Waals surface area (Å²) >= 11 is 0. The van der Waals surface area contributed by atoms with Crippen LogP contribution in [0.1, 0.15) is 45.7 Å². The highest BCUT2D eigenvalue weighted by Gasteiger charge is 2.26. The largest absolute Gasteiger partial charge is 0.507 e. The highest BCUT2D eigenvalue weighted by Crippen LogP contribution is 2.43. The van der Waals surface area contributed by atoms with Crippen LogP contribution >= 0.6 is 0 Å². The first-order valence-electron chi connectivity index (χ1n) is 11.4. The number of halogens is 1. The first-order chi connectivity index (χ1) is 16.6. The second-order valence-electron chi connectivity index (χ2n) is 8.70. The molecule has 0 aliphatic rings. The zero-order valence-electron chi connectivity index (χ0n) is 20.9. The van der Waals surface area contributed by atoms with Crippen LogP contribution in [0.15, 0.2) is 50.7 Å². The zero-order chi connectivity index (χ0) is 25.9. The molecular weight excluding hydrogens is 451 g/mol. The minimum Gasteiger partial charge on any atom is -0.507 e. The second-order valence-corrected chi connectivity index (χ2v) is 8.70. The third kappa shape index (κ3) is 5.19. The molecule has 0 radical (unpaired) electrons. The Labute approximate surface area is 203 Å². The third-order valence-electron chi connectivity index (χ3n) is 5.57. The van der Waals surface area contributed by atoms with Crippen LogP contribution in [0.5, 0.6) is 23.0 Å². The SMILES string of the molecule is CCOc1ccc(-c2oc3c(CC=C(C)C)c(O)c(CC=C(C)C)c(O)c3c(=O)c2OC)cc1F. The smallest absolute Gasteiger partial charge is 0.239 e. The lowest BCUT2D eigenvalue weighted by atomic mass is 9.96. The average molecular weight is 483 g/mol. The van der Waals surface area contributed by atoms with E-state index in [1.54, 1.807) is 13.0 Å². The lowest BCUT2D eigenvalue weighted by Gasteiger charge is -2.17. The maximum Gasteiger partial charge on any atom is 0.239 e. The van der Waals surface area contributed by atoms with E-state index in [-0.39, 0.29) is 63.7 Å². The molecule has 0 atom stereocenters. The summed E-state index contributed by atoms with van der Waals surface area (Å²) in [5.41, 5.74) is 2.23. The number of fused-ring (bicyclic) bond motifs is 1. The van der Waals surface area contributed by atoms with Crippen molar-refractivity contribution >= 4 is 11.0 Å². The molecule has 3 rings (SSSR count). The molecule has 2 aromatic carbocycles. The van der Waals surface area contributed by atoms with E-state index in [1.807, 2.05) is 39.8 Å². The van der Waals surface area contributed by atoms with Crippen LogP contribution in [-0.2, 0) is 12.8 Å². The van der Waals surface area contributed by atoms with Crippen LogP contribution in [0.2, 0.25) is 0 Å². The molecule has 1 aromatic heterocycles. The number of allylic oxidation sites excluding steroid dienone is 4. The summed E-state index contributed by atoms with van der Waals surface area (Å²) in [7, 11) is 1.30. The van der Waals surface area contributed by atoms with Crippen molar-refractivity contribution in [3.8, 4) is 34.3 Å². The molecule has 0 aliphatic heterocycles. The Morgan fingerprint density at radius 1 is 1.03 bits per heavy atom. The molecule has 0 unspecified atom stereocenters. The van der Waals surface area contributed by atoms with Gasteiger partial charge in [0.1, 0.15) is 22.5 Å². The number of methoxy groups -OCH3 is 1. The Bertz CT molecular complexity index is 1370. The number of ether oxygens (including phenoxy) is 2. The Morgan fingerprint density at radius 3 is 2.20 bits per heavy atom. The van der Waals surface area contributed by atoms with Gasteiger partial charge in [-0.1, -0.05) is 23.3 Å². The van der Waals surface area contributed by atoms with Gasteiger partial charge in [-0.2, -0.15) is 0 Å². The molecule has 0 amide bonds. The molecule has 35 heavy (non-hydrogen) atoms. The van der Waals surface area contributed by atoms with Crippen LogP contribution < -0.4 is 14.9 Å². The van der Waals surface area contributed by atoms with Crippen LogP contribution in [0, 0.1) is 5.82 Å². The number of phenolic OH excluding ortho intramolecular Hbond substituents is 2. The lowest BCUT2D eigenvalue weighted by Crippen LogP contribution is -2.10. The summed E-state index contributed by atoms with van der Waals surface area (Å²) in [6.07, 6.45) is 4.22. The molecular formula is C28H31FO6. The molecule has 0 aliphatic carbocycles. The maximum atomic E-state index is 14.6. The topological polar surface area (TPSA) is 89.1 Å². The molecule has 0 bridgehead atoms. The summed E-state index contributed by atoms with van der Waals surface area (Å²) in [5, 5.41) is 22.1. The number of benzene rings is 2. The molecule has 6 nitrogen and oxygen atoms in total. The summed E-state index contributed by atoms with van der Waals surface area (Å²) in [6, 6.07) is 4.19. The number of rotatable bonds is 8. The first kappa shape index (κ1) is 25.9. The zero-order valence-corrected chi connectivity index (χ0v) is 20.9. The Morgan fingerprint density at radius 2 is 1.66 bits per heavy atom. The van der Waals surface area contributed by atoms with Crippen molar-refractivity contribution in [2.45, 2.75) is 47.5 Å². The highest BCUT2D eigenvalue weighted by atomic mass is 19.1. The minimum absolute atomic E-state index is 0.0127. The quantitative estimate of drug-likeness (QED) is 0.360. The van der Waals surface area contributed by atoms with E-state index in [0.717, 1.165) is 11.1 Å². The van der Waals surface area contributed by atoms with E-state index < -0.39 is 11.2 Å². The number of aromatic hydroxyl groups is 2. The molecule has 186 valence electrons. The second kappa shape index (κ2) is 10.7. The van der Waals surface area contributed by atoms with E-state index >= 15 is 0 Å². The summed E-state index contributed by atoms with van der Waals surface area (Å²) in [6.45, 7) is 9.68. The number of hydrogen-bond donors (Lipinski definition) is 2. The van der Waals surface area contributed by atoms with Gasteiger partial charge in [0.05, 0.1) is 13.7 Å². The van der Waals surface area contributed by atoms with Crippen molar-refractivity contribution in [3.63, 3.8) is 0 Å². The van der Waals surface area contributed by atoms with Crippen LogP contribution in [-0.4, -0.2) is 23.9 Å². The monoisotopic (exact) mass is 482 g/mol. The molecule has 0 saturated carbocycles. The molecule has 1 heterocycles. The Hall–Kier alpha value is -3.74. The molecule has 2 N–H and O–H groups in total. The molecule has 3 aromatic rings. The van der Waals surface area contributed by atoms with Gasteiger partial charge in [0.25, 0.3) is 0 Å². The summed E-state index contributed by atoms with van der Waals surface area (Å²) < 4.78 is 31.3. The van der Waals surface area contributed by atoms with Crippen LogP contribution in [0.3, 0.4) is 0 Å². The standard InChI is InChI=1S/C28H31FO6/c1-7-34-21-13-10-17(14-20(21)29)26-28(33-6)25(32)22-24(31)18(11-8-15(2)3)23(30)19(27(22)35-26)12-9-16(4)5/h8-10,13-14,30-31H,7,11-12H2,1-6H3. The van der Waals surface area contributed by atoms with Gasteiger partial charge in [0.15, 0.2) is 17.3 Å². The van der Waals surface area contributed by atoms with Crippen molar-refractivity contribution < 1.29 is 28.5 Å². The maximum absolute atomic E-state index is 14.6. The van der Waals surface area contributed by atoms with Gasteiger partial charge in [-0.05, 0) is 65.7 Å². The van der Waals surface area contributed by atoms with E-state index in [4.69, 9.17) is 13.9 Å². The van der Waals surface area contributed by atoms with E-state index in [9.17, 15) is 19.4 Å². The minimum atomic E-state index is -0.623. The predicted octanol–water partition coefficient (Wildman–Crippen LogP) is 6.44. The van der Waals surface area contributed by atoms with Crippen molar-refractivity contribution in [1.29, 1.82) is 0 Å². The lowest BCUT2D eigenvalue weighted by molar-refractivity contribution is 0.321. The van der Waals surface area contributed by atoms with Crippen molar-refractivity contribution in [1.82, 2.24) is 0 Å². The van der Waals surface area contributed by atoms with Crippen LogP contribution in [0.4, 0.5) is 4.39 Å². The van der Waals surface area contributed by atoms with E-state index in [1.165, 1.54) is 19.2 Å². The average Bonchev–Trinajstić information content (AvgIpc) is 2.79. The Kier molecular flexibility index (Phi) is 7.89. The Balaban J connectivity index is 2.41. The van der Waals surface area contributed by atoms with Gasteiger partial charge in [0, 0.05) is 16.7 Å². The molecule has 7 heteroatoms. The fraction of sp³-hybridized carbons (Fsp3) is 0.321. The van der Waals surface area contributed by atoms with Crippen molar-refractivity contribution in [2.24, 2.45) is 0 Å². The fourth-order valence-electron chi connectivity index (χ4n) is 3.78. The molecule has 0 saturated heterocycles. The van der Waals surface area contributed by atoms with Gasteiger partial charge >= 0.3 is 0 Å². The van der Waals surface area contributed by atoms with Crippen molar-refractivity contribution in [3.05, 3.63) is 68.7 Å². The summed E-state index contributed by atoms with van der Waals surface area (Å²) in [4.78, 5) is 13.5. The fourth-order valence-corrected chi connectivity index (χ4v) is 3.78. The van der Waals surface area contributed by atoms with E-state index in [2.05, 4.69) is 0 Å². The predicted molar refractivity (Wildman–Crippen MR) is 135 cm³/mol. The van der Waals surface area contributed by atoms with Gasteiger partial charge in [-0.3, -0.25) is 4.79 Å². The first-order valence-corrected chi connectivity index (χ1v) is 11.4. The third-order valence-corrected chi connectivity index (χ3v) is 5.57. The van der Waals surface area contributed by atoms with Gasteiger partial charge in [-0.15, -0.1) is 0 Å². The molecule has 0 fully saturated rings. The van der Waals surface area contributed by atoms with Gasteiger partial charge in [0.2, 0.25) is 11.2 Å². The van der Waals surface area contributed by atoms with Gasteiger partial charge < -0.3 is 24.1 Å². The van der Waals surface area contributed by atoms with Crippen LogP contribution in [0.25, 0.3) is 22.3 Å². The highest BCUT2D eigenvalue weighted by molar-refractivity contribution is 5.93. The molecule has 0 spiro atoms. The number of hydrogen-bond acceptors (Lipinski definition) is 6. The normalized spacial score (nSPS) is 10.8. The van der Waals surface area contributed by atoms with E-state index in [0.29, 0.717) is 12.2 Å².